The lowest BCUT2D eigenvalue weighted by atomic mass is 10.2. The van der Waals surface area contributed by atoms with Crippen molar-refractivity contribution >= 4 is 19.9 Å². The van der Waals surface area contributed by atoms with E-state index in [0.29, 0.717) is 19.4 Å². The molecule has 0 saturated carbocycles. The Morgan fingerprint density at radius 3 is 2.38 bits per heavy atom. The Kier molecular flexibility index (Phi) is 4.72. The van der Waals surface area contributed by atoms with Gasteiger partial charge in [-0.1, -0.05) is 12.1 Å². The van der Waals surface area contributed by atoms with E-state index in [1.54, 1.807) is 24.3 Å². The lowest BCUT2D eigenvalue weighted by molar-refractivity contribution is 0.394. The SMILES string of the molecule is CN(C1CCS(=O)(=O)C1)S(=O)(=O)c1ccc(CCN)cc1. The van der Waals surface area contributed by atoms with Gasteiger partial charge in [0, 0.05) is 13.1 Å². The van der Waals surface area contributed by atoms with E-state index in [1.165, 1.54) is 11.4 Å². The molecule has 8 heteroatoms. The van der Waals surface area contributed by atoms with Gasteiger partial charge in [-0.3, -0.25) is 0 Å². The highest BCUT2D eigenvalue weighted by Crippen LogP contribution is 2.23. The summed E-state index contributed by atoms with van der Waals surface area (Å²) in [5.74, 6) is -0.0546. The van der Waals surface area contributed by atoms with Crippen LogP contribution in [0.25, 0.3) is 0 Å². The third-order valence-electron chi connectivity index (χ3n) is 3.76. The van der Waals surface area contributed by atoms with E-state index in [1.807, 2.05) is 0 Å². The van der Waals surface area contributed by atoms with Crippen LogP contribution in [0.1, 0.15) is 12.0 Å². The lowest BCUT2D eigenvalue weighted by Gasteiger charge is -2.22. The highest BCUT2D eigenvalue weighted by molar-refractivity contribution is 7.92. The second-order valence-electron chi connectivity index (χ2n) is 5.26. The molecule has 1 aromatic carbocycles. The predicted molar refractivity (Wildman–Crippen MR) is 81.2 cm³/mol. The number of hydrogen-bond acceptors (Lipinski definition) is 5. The third kappa shape index (κ3) is 3.63. The smallest absolute Gasteiger partial charge is 0.243 e. The van der Waals surface area contributed by atoms with E-state index in [-0.39, 0.29) is 16.4 Å². The van der Waals surface area contributed by atoms with Gasteiger partial charge in [0.05, 0.1) is 16.4 Å². The van der Waals surface area contributed by atoms with E-state index in [0.717, 1.165) is 5.56 Å². The summed E-state index contributed by atoms with van der Waals surface area (Å²) < 4.78 is 49.2. The molecule has 1 heterocycles. The molecule has 1 saturated heterocycles. The first-order chi connectivity index (χ1) is 9.76. The maximum atomic E-state index is 12.5. The average molecular weight is 332 g/mol. The summed E-state index contributed by atoms with van der Waals surface area (Å²) in [7, 11) is -5.34. The van der Waals surface area contributed by atoms with Gasteiger partial charge in [-0.15, -0.1) is 0 Å². The monoisotopic (exact) mass is 332 g/mol. The Bertz CT molecular complexity index is 696. The Balaban J connectivity index is 2.21. The highest BCUT2D eigenvalue weighted by Gasteiger charge is 2.36. The molecule has 0 radical (unpaired) electrons. The fourth-order valence-electron chi connectivity index (χ4n) is 2.42. The van der Waals surface area contributed by atoms with E-state index < -0.39 is 25.9 Å². The van der Waals surface area contributed by atoms with E-state index in [4.69, 9.17) is 5.73 Å². The summed E-state index contributed by atoms with van der Waals surface area (Å²) in [6.07, 6.45) is 1.04. The Morgan fingerprint density at radius 1 is 1.29 bits per heavy atom. The van der Waals surface area contributed by atoms with Gasteiger partial charge in [0.25, 0.3) is 0 Å². The van der Waals surface area contributed by atoms with Crippen molar-refractivity contribution in [3.05, 3.63) is 29.8 Å². The minimum absolute atomic E-state index is 0.0486. The summed E-state index contributed by atoms with van der Waals surface area (Å²) in [6.45, 7) is 0.506. The molecule has 1 aromatic rings. The van der Waals surface area contributed by atoms with Crippen LogP contribution in [-0.4, -0.2) is 52.3 Å². The van der Waals surface area contributed by atoms with Gasteiger partial charge in [0.1, 0.15) is 0 Å². The minimum atomic E-state index is -3.67. The zero-order chi connectivity index (χ0) is 15.7. The molecule has 21 heavy (non-hydrogen) atoms. The quantitative estimate of drug-likeness (QED) is 0.818. The number of sulfonamides is 1. The van der Waals surface area contributed by atoms with Gasteiger partial charge >= 0.3 is 0 Å². The van der Waals surface area contributed by atoms with Gasteiger partial charge in [0.2, 0.25) is 10.0 Å². The zero-order valence-electron chi connectivity index (χ0n) is 11.9. The fraction of sp³-hybridized carbons (Fsp3) is 0.538. The van der Waals surface area contributed by atoms with Crippen molar-refractivity contribution in [1.82, 2.24) is 4.31 Å². The van der Waals surface area contributed by atoms with E-state index >= 15 is 0 Å². The molecule has 1 aliphatic rings. The largest absolute Gasteiger partial charge is 0.330 e. The van der Waals surface area contributed by atoms with Crippen molar-refractivity contribution in [2.75, 3.05) is 25.1 Å². The van der Waals surface area contributed by atoms with Crippen LogP contribution in [0.2, 0.25) is 0 Å². The van der Waals surface area contributed by atoms with Crippen LogP contribution in [0.15, 0.2) is 29.2 Å². The molecule has 0 aromatic heterocycles. The molecular weight excluding hydrogens is 312 g/mol. The van der Waals surface area contributed by atoms with Crippen LogP contribution < -0.4 is 5.73 Å². The number of nitrogens with two attached hydrogens (primary N) is 1. The lowest BCUT2D eigenvalue weighted by Crippen LogP contribution is -2.37. The van der Waals surface area contributed by atoms with Crippen LogP contribution >= 0.6 is 0 Å². The maximum absolute atomic E-state index is 12.5. The van der Waals surface area contributed by atoms with Crippen LogP contribution in [-0.2, 0) is 26.3 Å². The predicted octanol–water partition coefficient (Wildman–Crippen LogP) is -0.00460. The van der Waals surface area contributed by atoms with Crippen molar-refractivity contribution in [1.29, 1.82) is 0 Å². The maximum Gasteiger partial charge on any atom is 0.243 e. The summed E-state index contributed by atoms with van der Waals surface area (Å²) in [6, 6.07) is 6.07. The first kappa shape index (κ1) is 16.4. The van der Waals surface area contributed by atoms with Crippen molar-refractivity contribution in [2.45, 2.75) is 23.8 Å². The summed E-state index contributed by atoms with van der Waals surface area (Å²) >= 11 is 0. The molecule has 2 N–H and O–H groups in total. The van der Waals surface area contributed by atoms with Crippen molar-refractivity contribution < 1.29 is 16.8 Å². The molecule has 2 rings (SSSR count). The van der Waals surface area contributed by atoms with Gasteiger partial charge in [-0.25, -0.2) is 16.8 Å². The van der Waals surface area contributed by atoms with E-state index in [2.05, 4.69) is 0 Å². The Hall–Kier alpha value is -0.960. The topological polar surface area (TPSA) is 97.5 Å². The highest BCUT2D eigenvalue weighted by atomic mass is 32.2. The van der Waals surface area contributed by atoms with Gasteiger partial charge < -0.3 is 5.73 Å². The molecule has 1 atom stereocenters. The molecule has 0 aliphatic carbocycles. The molecule has 118 valence electrons. The minimum Gasteiger partial charge on any atom is -0.330 e. The molecule has 1 fully saturated rings. The molecule has 6 nitrogen and oxygen atoms in total. The molecule has 0 spiro atoms. The van der Waals surface area contributed by atoms with Crippen LogP contribution in [0.5, 0.6) is 0 Å². The number of benzene rings is 1. The number of rotatable bonds is 5. The van der Waals surface area contributed by atoms with Gasteiger partial charge in [-0.2, -0.15) is 4.31 Å². The third-order valence-corrected chi connectivity index (χ3v) is 7.43. The summed E-state index contributed by atoms with van der Waals surface area (Å²) in [4.78, 5) is 0.176. The fourth-order valence-corrected chi connectivity index (χ4v) is 5.67. The molecule has 0 bridgehead atoms. The van der Waals surface area contributed by atoms with Crippen molar-refractivity contribution in [3.8, 4) is 0 Å². The normalized spacial score (nSPS) is 21.8. The Morgan fingerprint density at radius 2 is 1.90 bits per heavy atom. The van der Waals surface area contributed by atoms with Crippen molar-refractivity contribution in [3.63, 3.8) is 0 Å². The molecule has 0 amide bonds. The Labute approximate surface area is 125 Å². The summed E-state index contributed by atoms with van der Waals surface area (Å²) in [5, 5.41) is 0. The van der Waals surface area contributed by atoms with Crippen LogP contribution in [0.3, 0.4) is 0 Å². The second kappa shape index (κ2) is 6.04. The van der Waals surface area contributed by atoms with Crippen molar-refractivity contribution in [2.24, 2.45) is 5.73 Å². The van der Waals surface area contributed by atoms with Crippen LogP contribution in [0, 0.1) is 0 Å². The van der Waals surface area contributed by atoms with E-state index in [9.17, 15) is 16.8 Å². The van der Waals surface area contributed by atoms with Gasteiger partial charge in [-0.05, 0) is 37.1 Å². The second-order valence-corrected chi connectivity index (χ2v) is 9.49. The zero-order valence-corrected chi connectivity index (χ0v) is 13.5. The number of nitrogens with zero attached hydrogens (tertiary/aromatic N) is 1. The average Bonchev–Trinajstić information content (AvgIpc) is 2.79. The first-order valence-corrected chi connectivity index (χ1v) is 10.00. The molecular formula is C13H20N2O4S2. The first-order valence-electron chi connectivity index (χ1n) is 6.74. The number of sulfone groups is 1. The van der Waals surface area contributed by atoms with Crippen LogP contribution in [0.4, 0.5) is 0 Å². The molecule has 1 unspecified atom stereocenters. The summed E-state index contributed by atoms with van der Waals surface area (Å²) in [5.41, 5.74) is 6.43. The number of hydrogen-bond donors (Lipinski definition) is 1. The standard InChI is InChI=1S/C13H20N2O4S2/c1-15(12-7-9-20(16,17)10-12)21(18,19)13-4-2-11(3-5-13)6-8-14/h2-5,12H,6-10,14H2,1H3. The van der Waals surface area contributed by atoms with Gasteiger partial charge in [0.15, 0.2) is 9.84 Å². The molecule has 1 aliphatic heterocycles.